The number of nitrogens with one attached hydrogen (secondary N) is 2. The van der Waals surface area contributed by atoms with Gasteiger partial charge < -0.3 is 20.1 Å². The summed E-state index contributed by atoms with van der Waals surface area (Å²) >= 11 is 5.98. The van der Waals surface area contributed by atoms with E-state index in [0.717, 1.165) is 5.69 Å². The Bertz CT molecular complexity index is 676. The average molecular weight is 305 g/mol. The van der Waals surface area contributed by atoms with Crippen LogP contribution in [0.1, 0.15) is 0 Å². The van der Waals surface area contributed by atoms with Crippen LogP contribution in [0.25, 0.3) is 0 Å². The Morgan fingerprint density at radius 1 is 1.14 bits per heavy atom. The normalized spacial score (nSPS) is 12.0. The molecule has 21 heavy (non-hydrogen) atoms. The van der Waals surface area contributed by atoms with Gasteiger partial charge in [0, 0.05) is 11.8 Å². The zero-order valence-electron chi connectivity index (χ0n) is 11.1. The van der Waals surface area contributed by atoms with Crippen molar-refractivity contribution in [3.05, 3.63) is 47.5 Å². The monoisotopic (exact) mass is 304 g/mol. The van der Waals surface area contributed by atoms with Crippen molar-refractivity contribution < 1.29 is 14.3 Å². The molecule has 0 aromatic heterocycles. The van der Waals surface area contributed by atoms with Crippen LogP contribution in [0.4, 0.5) is 11.4 Å². The van der Waals surface area contributed by atoms with Crippen LogP contribution in [0, 0.1) is 0 Å². The number of fused-ring (bicyclic) bond motifs is 1. The van der Waals surface area contributed by atoms with Gasteiger partial charge in [-0.3, -0.25) is 4.79 Å². The number of hydrogen-bond donors (Lipinski definition) is 2. The fourth-order valence-electron chi connectivity index (χ4n) is 1.95. The molecule has 0 aliphatic carbocycles. The average Bonchev–Trinajstić information content (AvgIpc) is 2.95. The van der Waals surface area contributed by atoms with Crippen molar-refractivity contribution in [2.45, 2.75) is 0 Å². The molecule has 1 amide bonds. The predicted molar refractivity (Wildman–Crippen MR) is 81.1 cm³/mol. The van der Waals surface area contributed by atoms with Gasteiger partial charge in [-0.05, 0) is 24.3 Å². The number of amides is 1. The summed E-state index contributed by atoms with van der Waals surface area (Å²) in [5, 5.41) is 6.27. The summed E-state index contributed by atoms with van der Waals surface area (Å²) in [5.74, 6) is 1.20. The van der Waals surface area contributed by atoms with Crippen LogP contribution >= 0.6 is 11.6 Å². The summed E-state index contributed by atoms with van der Waals surface area (Å²) < 4.78 is 10.5. The molecule has 1 aliphatic heterocycles. The van der Waals surface area contributed by atoms with Crippen molar-refractivity contribution >= 4 is 28.9 Å². The van der Waals surface area contributed by atoms with Gasteiger partial charge in [0.1, 0.15) is 0 Å². The molecule has 5 nitrogen and oxygen atoms in total. The van der Waals surface area contributed by atoms with E-state index in [1.54, 1.807) is 24.3 Å². The smallest absolute Gasteiger partial charge is 0.243 e. The van der Waals surface area contributed by atoms with E-state index in [1.807, 2.05) is 18.2 Å². The Morgan fingerprint density at radius 2 is 1.95 bits per heavy atom. The SMILES string of the molecule is O=C(CNc1ccc2c(c1)OCO2)Nc1ccccc1Cl. The molecule has 2 aromatic rings. The van der Waals surface area contributed by atoms with Gasteiger partial charge in [0.2, 0.25) is 12.7 Å². The fraction of sp³-hybridized carbons (Fsp3) is 0.133. The molecule has 0 saturated carbocycles. The fourth-order valence-corrected chi connectivity index (χ4v) is 2.13. The minimum absolute atomic E-state index is 0.130. The van der Waals surface area contributed by atoms with E-state index in [2.05, 4.69) is 10.6 Å². The van der Waals surface area contributed by atoms with E-state index >= 15 is 0 Å². The molecule has 0 spiro atoms. The molecular formula is C15H13ClN2O3. The van der Waals surface area contributed by atoms with E-state index < -0.39 is 0 Å². The van der Waals surface area contributed by atoms with Gasteiger partial charge in [-0.15, -0.1) is 0 Å². The highest BCUT2D eigenvalue weighted by Crippen LogP contribution is 2.34. The first kappa shape index (κ1) is 13.6. The molecule has 1 aliphatic rings. The van der Waals surface area contributed by atoms with Gasteiger partial charge >= 0.3 is 0 Å². The van der Waals surface area contributed by atoms with Crippen LogP contribution in [-0.4, -0.2) is 19.2 Å². The van der Waals surface area contributed by atoms with Crippen molar-refractivity contribution in [2.24, 2.45) is 0 Å². The number of rotatable bonds is 4. The highest BCUT2D eigenvalue weighted by Gasteiger charge is 2.13. The third-order valence-corrected chi connectivity index (χ3v) is 3.30. The second kappa shape index (κ2) is 5.93. The lowest BCUT2D eigenvalue weighted by atomic mass is 10.2. The Morgan fingerprint density at radius 3 is 2.81 bits per heavy atom. The molecule has 2 N–H and O–H groups in total. The number of ether oxygens (including phenoxy) is 2. The molecule has 1 heterocycles. The third-order valence-electron chi connectivity index (χ3n) is 2.97. The van der Waals surface area contributed by atoms with Gasteiger partial charge in [0.05, 0.1) is 17.3 Å². The molecule has 108 valence electrons. The van der Waals surface area contributed by atoms with E-state index in [1.165, 1.54) is 0 Å². The Labute approximate surface area is 126 Å². The second-order valence-electron chi connectivity index (χ2n) is 4.45. The van der Waals surface area contributed by atoms with Crippen LogP contribution in [0.5, 0.6) is 11.5 Å². The number of halogens is 1. The first-order valence-corrected chi connectivity index (χ1v) is 6.78. The van der Waals surface area contributed by atoms with Crippen molar-refractivity contribution in [3.8, 4) is 11.5 Å². The topological polar surface area (TPSA) is 59.6 Å². The first-order valence-electron chi connectivity index (χ1n) is 6.40. The molecule has 0 bridgehead atoms. The summed E-state index contributed by atoms with van der Waals surface area (Å²) in [6.07, 6.45) is 0. The molecule has 6 heteroatoms. The lowest BCUT2D eigenvalue weighted by Crippen LogP contribution is -2.21. The number of carbonyl (C=O) groups excluding carboxylic acids is 1. The van der Waals surface area contributed by atoms with Crippen LogP contribution in [0.15, 0.2) is 42.5 Å². The number of para-hydroxylation sites is 1. The highest BCUT2D eigenvalue weighted by atomic mass is 35.5. The summed E-state index contributed by atoms with van der Waals surface area (Å²) in [5.41, 5.74) is 1.38. The van der Waals surface area contributed by atoms with Gasteiger partial charge in [-0.25, -0.2) is 0 Å². The van der Waals surface area contributed by atoms with Gasteiger partial charge in [-0.2, -0.15) is 0 Å². The van der Waals surface area contributed by atoms with Gasteiger partial charge in [-0.1, -0.05) is 23.7 Å². The molecule has 0 atom stereocenters. The zero-order valence-corrected chi connectivity index (χ0v) is 11.8. The van der Waals surface area contributed by atoms with Gasteiger partial charge in [0.15, 0.2) is 11.5 Å². The lowest BCUT2D eigenvalue weighted by molar-refractivity contribution is -0.114. The number of carbonyl (C=O) groups is 1. The standard InChI is InChI=1S/C15H13ClN2O3/c16-11-3-1-2-4-12(11)18-15(19)8-17-10-5-6-13-14(7-10)21-9-20-13/h1-7,17H,8-9H2,(H,18,19). The molecule has 3 rings (SSSR count). The summed E-state index contributed by atoms with van der Waals surface area (Å²) in [7, 11) is 0. The summed E-state index contributed by atoms with van der Waals surface area (Å²) in [6.45, 7) is 0.358. The Kier molecular flexibility index (Phi) is 3.83. The zero-order chi connectivity index (χ0) is 14.7. The van der Waals surface area contributed by atoms with Crippen LogP contribution in [0.2, 0.25) is 5.02 Å². The Balaban J connectivity index is 1.58. The maximum absolute atomic E-state index is 11.9. The third kappa shape index (κ3) is 3.20. The summed E-state index contributed by atoms with van der Waals surface area (Å²) in [4.78, 5) is 11.9. The van der Waals surface area contributed by atoms with E-state index in [4.69, 9.17) is 21.1 Å². The van der Waals surface area contributed by atoms with E-state index in [9.17, 15) is 4.79 Å². The quantitative estimate of drug-likeness (QED) is 0.911. The second-order valence-corrected chi connectivity index (χ2v) is 4.86. The number of hydrogen-bond acceptors (Lipinski definition) is 4. The molecule has 0 unspecified atom stereocenters. The minimum Gasteiger partial charge on any atom is -0.454 e. The molecule has 0 radical (unpaired) electrons. The van der Waals surface area contributed by atoms with Crippen LogP contribution in [0.3, 0.4) is 0 Å². The number of anilines is 2. The van der Waals surface area contributed by atoms with E-state index in [0.29, 0.717) is 22.2 Å². The van der Waals surface area contributed by atoms with Crippen LogP contribution < -0.4 is 20.1 Å². The molecule has 0 saturated heterocycles. The van der Waals surface area contributed by atoms with Crippen molar-refractivity contribution in [3.63, 3.8) is 0 Å². The summed E-state index contributed by atoms with van der Waals surface area (Å²) in [6, 6.07) is 12.5. The molecular weight excluding hydrogens is 292 g/mol. The van der Waals surface area contributed by atoms with E-state index in [-0.39, 0.29) is 19.2 Å². The highest BCUT2D eigenvalue weighted by molar-refractivity contribution is 6.33. The Hall–Kier alpha value is -2.40. The largest absolute Gasteiger partial charge is 0.454 e. The van der Waals surface area contributed by atoms with Crippen LogP contribution in [-0.2, 0) is 4.79 Å². The number of benzene rings is 2. The minimum atomic E-state index is -0.180. The maximum atomic E-state index is 11.9. The predicted octanol–water partition coefficient (Wildman–Crippen LogP) is 3.12. The van der Waals surface area contributed by atoms with Crippen molar-refractivity contribution in [2.75, 3.05) is 24.0 Å². The van der Waals surface area contributed by atoms with Crippen molar-refractivity contribution in [1.29, 1.82) is 0 Å². The van der Waals surface area contributed by atoms with Gasteiger partial charge in [0.25, 0.3) is 0 Å². The first-order chi connectivity index (χ1) is 10.2. The maximum Gasteiger partial charge on any atom is 0.243 e. The molecule has 0 fully saturated rings. The lowest BCUT2D eigenvalue weighted by Gasteiger charge is -2.09. The van der Waals surface area contributed by atoms with Crippen molar-refractivity contribution in [1.82, 2.24) is 0 Å². The molecule has 2 aromatic carbocycles.